The maximum atomic E-state index is 13.5. The summed E-state index contributed by atoms with van der Waals surface area (Å²) in [6.07, 6.45) is 1.72. The van der Waals surface area contributed by atoms with Gasteiger partial charge < -0.3 is 16.7 Å². The topological polar surface area (TPSA) is 77.8 Å². The van der Waals surface area contributed by atoms with Crippen molar-refractivity contribution in [1.82, 2.24) is 0 Å². The molecule has 1 aliphatic carbocycles. The number of carboxylic acids is 1. The van der Waals surface area contributed by atoms with Crippen molar-refractivity contribution < 1.29 is 55.5 Å². The van der Waals surface area contributed by atoms with E-state index in [1.54, 1.807) is 18.2 Å². The molecule has 4 nitrogen and oxygen atoms in total. The van der Waals surface area contributed by atoms with Crippen LogP contribution in [0.4, 0.5) is 4.39 Å². The van der Waals surface area contributed by atoms with Crippen LogP contribution in [0.15, 0.2) is 72.3 Å². The molecule has 2 aromatic rings. The summed E-state index contributed by atoms with van der Waals surface area (Å²) in [7, 11) is 0. The zero-order valence-electron chi connectivity index (χ0n) is 19.8. The first-order valence-corrected chi connectivity index (χ1v) is 10.5. The molecule has 0 heterocycles. The summed E-state index contributed by atoms with van der Waals surface area (Å²) in [4.78, 5) is 10.7. The Kier molecular flexibility index (Phi) is 9.43. The smallest absolute Gasteiger partial charge is 1.00 e. The van der Waals surface area contributed by atoms with Crippen molar-refractivity contribution in [3.63, 3.8) is 0 Å². The molecule has 0 amide bonds. The van der Waals surface area contributed by atoms with E-state index in [0.717, 1.165) is 23.1 Å². The molecule has 0 radical (unpaired) electrons. The van der Waals surface area contributed by atoms with Crippen LogP contribution in [-0.2, 0) is 4.79 Å². The summed E-state index contributed by atoms with van der Waals surface area (Å²) in [5, 5.41) is 28.9. The van der Waals surface area contributed by atoms with Gasteiger partial charge in [0.1, 0.15) is 5.82 Å². The number of allylic oxidation sites excluding steroid dienone is 3. The summed E-state index contributed by atoms with van der Waals surface area (Å²) >= 11 is 0. The number of hydrogen-bond donors (Lipinski definition) is 3. The van der Waals surface area contributed by atoms with Crippen LogP contribution in [0.1, 0.15) is 51.6 Å². The largest absolute Gasteiger partial charge is 1.00 e. The Morgan fingerprint density at radius 2 is 1.78 bits per heavy atom. The van der Waals surface area contributed by atoms with Crippen LogP contribution in [0.5, 0.6) is 0 Å². The van der Waals surface area contributed by atoms with Crippen LogP contribution < -0.4 is 29.6 Å². The van der Waals surface area contributed by atoms with Crippen molar-refractivity contribution >= 4 is 11.5 Å². The Morgan fingerprint density at radius 3 is 2.38 bits per heavy atom. The van der Waals surface area contributed by atoms with Gasteiger partial charge in [-0.3, -0.25) is 4.79 Å². The third-order valence-electron chi connectivity index (χ3n) is 6.10. The quantitative estimate of drug-likeness (QED) is 0.541. The maximum absolute atomic E-state index is 13.5. The second kappa shape index (κ2) is 11.4. The van der Waals surface area contributed by atoms with E-state index in [1.807, 2.05) is 24.3 Å². The molecule has 2 aromatic carbocycles. The van der Waals surface area contributed by atoms with Crippen LogP contribution in [0.3, 0.4) is 0 Å². The second-order valence-corrected chi connectivity index (χ2v) is 8.70. The summed E-state index contributed by atoms with van der Waals surface area (Å²) in [6.45, 7) is 4.32. The fourth-order valence-corrected chi connectivity index (χ4v) is 4.46. The van der Waals surface area contributed by atoms with E-state index < -0.39 is 24.6 Å². The molecular formula is C26H30FNaO4. The predicted molar refractivity (Wildman–Crippen MR) is 120 cm³/mol. The first-order chi connectivity index (χ1) is 14.7. The van der Waals surface area contributed by atoms with Crippen molar-refractivity contribution in [2.24, 2.45) is 5.41 Å². The van der Waals surface area contributed by atoms with Gasteiger partial charge in [0.15, 0.2) is 0 Å². The third-order valence-corrected chi connectivity index (χ3v) is 6.10. The molecule has 3 rings (SSSR count). The SMILES string of the molecule is CC1(C)C(C=CC(O)CC(O)CC(=O)O)=C(c2ccc(F)cc2)CC1c1ccccc1.[H-].[Na+]. The normalized spacial score (nSPS) is 19.6. The van der Waals surface area contributed by atoms with Crippen molar-refractivity contribution in [1.29, 1.82) is 0 Å². The van der Waals surface area contributed by atoms with Gasteiger partial charge in [-0.05, 0) is 52.2 Å². The standard InChI is InChI=1S/C26H29FO4.Na.H/c1-26(2)23(13-12-20(28)14-21(29)15-25(30)31)22(17-8-10-19(27)11-9-17)16-24(26)18-6-4-3-5-7-18;;/h3-13,20-21,24,28-29H,14-16H2,1-2H3,(H,30,31);;/q;+1;-1. The average molecular weight is 449 g/mol. The number of aliphatic hydroxyl groups excluding tert-OH is 2. The van der Waals surface area contributed by atoms with Crippen LogP contribution in [0.25, 0.3) is 5.57 Å². The minimum atomic E-state index is -1.11. The Bertz CT molecular complexity index is 974. The molecule has 3 unspecified atom stereocenters. The van der Waals surface area contributed by atoms with Gasteiger partial charge in [-0.1, -0.05) is 68.5 Å². The molecule has 0 bridgehead atoms. The molecule has 0 saturated carbocycles. The van der Waals surface area contributed by atoms with Crippen LogP contribution in [-0.4, -0.2) is 33.5 Å². The number of carboxylic acid groups (broad SMARTS) is 1. The molecule has 166 valence electrons. The molecule has 0 fully saturated rings. The average Bonchev–Trinajstić information content (AvgIpc) is 2.97. The molecule has 0 aromatic heterocycles. The van der Waals surface area contributed by atoms with Gasteiger partial charge >= 0.3 is 35.5 Å². The Morgan fingerprint density at radius 1 is 1.16 bits per heavy atom. The van der Waals surface area contributed by atoms with Crippen molar-refractivity contribution in [2.45, 2.75) is 51.2 Å². The van der Waals surface area contributed by atoms with Crippen LogP contribution in [0, 0.1) is 11.2 Å². The summed E-state index contributed by atoms with van der Waals surface area (Å²) in [5.74, 6) is -1.18. The van der Waals surface area contributed by atoms with E-state index >= 15 is 0 Å². The summed E-state index contributed by atoms with van der Waals surface area (Å²) in [6, 6.07) is 16.7. The number of aliphatic carboxylic acids is 1. The fraction of sp³-hybridized carbons (Fsp3) is 0.346. The Balaban J connectivity index is 0.00000272. The molecule has 1 aliphatic rings. The van der Waals surface area contributed by atoms with E-state index in [4.69, 9.17) is 5.11 Å². The zero-order valence-corrected chi connectivity index (χ0v) is 20.8. The number of benzene rings is 2. The first kappa shape index (κ1) is 26.5. The van der Waals surface area contributed by atoms with Gasteiger partial charge in [-0.2, -0.15) is 0 Å². The number of halogens is 1. The minimum absolute atomic E-state index is 0. The van der Waals surface area contributed by atoms with E-state index in [2.05, 4.69) is 26.0 Å². The fourth-order valence-electron chi connectivity index (χ4n) is 4.46. The summed E-state index contributed by atoms with van der Waals surface area (Å²) in [5.41, 5.74) is 4.04. The minimum Gasteiger partial charge on any atom is -1.00 e. The van der Waals surface area contributed by atoms with E-state index in [0.29, 0.717) is 0 Å². The van der Waals surface area contributed by atoms with Crippen molar-refractivity contribution in [3.05, 3.63) is 89.3 Å². The molecule has 32 heavy (non-hydrogen) atoms. The van der Waals surface area contributed by atoms with Gasteiger partial charge in [-0.25, -0.2) is 4.39 Å². The molecule has 0 saturated heterocycles. The van der Waals surface area contributed by atoms with E-state index in [9.17, 15) is 19.4 Å². The van der Waals surface area contributed by atoms with Gasteiger partial charge in [0.2, 0.25) is 0 Å². The van der Waals surface area contributed by atoms with Crippen LogP contribution in [0.2, 0.25) is 0 Å². The molecule has 6 heteroatoms. The van der Waals surface area contributed by atoms with Crippen molar-refractivity contribution in [2.75, 3.05) is 0 Å². The molecule has 3 atom stereocenters. The number of carbonyl (C=O) groups is 1. The second-order valence-electron chi connectivity index (χ2n) is 8.70. The zero-order chi connectivity index (χ0) is 22.6. The molecule has 0 aliphatic heterocycles. The van der Waals surface area contributed by atoms with Gasteiger partial charge in [0.05, 0.1) is 18.6 Å². The van der Waals surface area contributed by atoms with Gasteiger partial charge in [0.25, 0.3) is 0 Å². The van der Waals surface area contributed by atoms with E-state index in [1.165, 1.54) is 17.7 Å². The molecule has 0 spiro atoms. The van der Waals surface area contributed by atoms with Crippen molar-refractivity contribution in [3.8, 4) is 0 Å². The Labute approximate surface area is 212 Å². The van der Waals surface area contributed by atoms with Gasteiger partial charge in [-0.15, -0.1) is 0 Å². The maximum Gasteiger partial charge on any atom is 1.00 e. The Hall–Kier alpha value is -1.76. The molecule has 3 N–H and O–H groups in total. The monoisotopic (exact) mass is 448 g/mol. The van der Waals surface area contributed by atoms with E-state index in [-0.39, 0.29) is 54.6 Å². The summed E-state index contributed by atoms with van der Waals surface area (Å²) < 4.78 is 13.5. The van der Waals surface area contributed by atoms with Gasteiger partial charge in [0, 0.05) is 6.42 Å². The number of hydrogen-bond acceptors (Lipinski definition) is 3. The number of rotatable bonds is 8. The number of aliphatic hydroxyl groups is 2. The molecular weight excluding hydrogens is 418 g/mol. The first-order valence-electron chi connectivity index (χ1n) is 10.5. The van der Waals surface area contributed by atoms with Crippen LogP contribution >= 0.6 is 0 Å². The third kappa shape index (κ3) is 6.40. The predicted octanol–water partition coefficient (Wildman–Crippen LogP) is 2.05.